The topological polar surface area (TPSA) is 79.5 Å². The highest BCUT2D eigenvalue weighted by Crippen LogP contribution is 2.13. The number of aliphatic hydroxyl groups excluding tert-OH is 1. The van der Waals surface area contributed by atoms with E-state index in [0.29, 0.717) is 23.3 Å². The Morgan fingerprint density at radius 3 is 2.32 bits per heavy atom. The lowest BCUT2D eigenvalue weighted by atomic mass is 10.1. The molecule has 3 rings (SSSR count). The maximum absolute atomic E-state index is 12.4. The van der Waals surface area contributed by atoms with Crippen LogP contribution in [0.5, 0.6) is 0 Å². The number of hydrogen-bond donors (Lipinski definition) is 2. The zero-order chi connectivity index (χ0) is 19.9. The van der Waals surface area contributed by atoms with Crippen molar-refractivity contribution in [2.24, 2.45) is 0 Å². The summed E-state index contributed by atoms with van der Waals surface area (Å²) in [7, 11) is 0. The molecule has 0 fully saturated rings. The lowest BCUT2D eigenvalue weighted by molar-refractivity contribution is 0.0911. The van der Waals surface area contributed by atoms with Crippen LogP contribution >= 0.6 is 0 Å². The molecule has 1 heterocycles. The number of hydrogen-bond acceptors (Lipinski definition) is 4. The molecule has 0 aliphatic rings. The third-order valence-electron chi connectivity index (χ3n) is 4.57. The summed E-state index contributed by atoms with van der Waals surface area (Å²) in [4.78, 5) is 24.8. The Bertz CT molecular complexity index is 980. The molecular formula is C23H23NO4. The smallest absolute Gasteiger partial charge is 0.349 e. The van der Waals surface area contributed by atoms with Gasteiger partial charge in [-0.3, -0.25) is 4.79 Å². The lowest BCUT2D eigenvalue weighted by Gasteiger charge is -2.13. The second-order valence-corrected chi connectivity index (χ2v) is 6.68. The van der Waals surface area contributed by atoms with Crippen molar-refractivity contribution in [2.45, 2.75) is 25.9 Å². The van der Waals surface area contributed by atoms with E-state index in [1.165, 1.54) is 0 Å². The summed E-state index contributed by atoms with van der Waals surface area (Å²) >= 11 is 0. The molecule has 0 saturated carbocycles. The average molecular weight is 377 g/mol. The summed E-state index contributed by atoms with van der Waals surface area (Å²) in [5, 5.41) is 12.8. The van der Waals surface area contributed by atoms with E-state index < -0.39 is 17.6 Å². The van der Waals surface area contributed by atoms with Crippen molar-refractivity contribution in [3.8, 4) is 0 Å². The van der Waals surface area contributed by atoms with E-state index >= 15 is 0 Å². The quantitative estimate of drug-likeness (QED) is 0.663. The summed E-state index contributed by atoms with van der Waals surface area (Å²) in [5.74, 6) is 0.00284. The third kappa shape index (κ3) is 4.96. The van der Waals surface area contributed by atoms with Crippen LogP contribution in [0.3, 0.4) is 0 Å². The summed E-state index contributed by atoms with van der Waals surface area (Å²) < 4.78 is 5.34. The molecule has 0 aliphatic heterocycles. The highest BCUT2D eigenvalue weighted by Gasteiger charge is 2.18. The van der Waals surface area contributed by atoms with Gasteiger partial charge < -0.3 is 14.8 Å². The van der Waals surface area contributed by atoms with Crippen LogP contribution in [0.1, 0.15) is 38.9 Å². The number of aryl methyl sites for hydroxylation is 3. The fourth-order valence-electron chi connectivity index (χ4n) is 3.05. The number of nitrogens with one attached hydrogen (secondary N) is 1. The minimum Gasteiger partial charge on any atom is -0.427 e. The van der Waals surface area contributed by atoms with Gasteiger partial charge in [0.2, 0.25) is 0 Å². The van der Waals surface area contributed by atoms with Crippen LogP contribution in [-0.4, -0.2) is 17.6 Å². The van der Waals surface area contributed by atoms with Gasteiger partial charge in [0.15, 0.2) is 0 Å². The van der Waals surface area contributed by atoms with Crippen LogP contribution < -0.4 is 10.9 Å². The molecule has 3 aromatic rings. The van der Waals surface area contributed by atoms with Gasteiger partial charge in [-0.15, -0.1) is 0 Å². The standard InChI is InChI=1S/C23H23NO4/c1-16-14-19(13-12-17-8-4-2-5-9-17)28-23(27)21(16)22(26)24-15-20(25)18-10-6-3-7-11-18/h2-11,14,20,25H,12-13,15H2,1H3,(H,24,26). The van der Waals surface area contributed by atoms with Gasteiger partial charge in [0.25, 0.3) is 5.91 Å². The zero-order valence-corrected chi connectivity index (χ0v) is 15.7. The van der Waals surface area contributed by atoms with E-state index in [1.807, 2.05) is 48.5 Å². The second-order valence-electron chi connectivity index (χ2n) is 6.68. The first-order chi connectivity index (χ1) is 13.5. The number of benzene rings is 2. The molecule has 1 atom stereocenters. The van der Waals surface area contributed by atoms with E-state index in [0.717, 1.165) is 12.0 Å². The average Bonchev–Trinajstić information content (AvgIpc) is 2.71. The van der Waals surface area contributed by atoms with Crippen molar-refractivity contribution in [1.82, 2.24) is 5.32 Å². The highest BCUT2D eigenvalue weighted by atomic mass is 16.4. The minimum atomic E-state index is -0.845. The van der Waals surface area contributed by atoms with Crippen molar-refractivity contribution in [2.75, 3.05) is 6.54 Å². The molecule has 1 unspecified atom stereocenters. The number of carbonyl (C=O) groups excluding carboxylic acids is 1. The van der Waals surface area contributed by atoms with Gasteiger partial charge in [-0.05, 0) is 36.1 Å². The summed E-state index contributed by atoms with van der Waals surface area (Å²) in [6.07, 6.45) is 0.481. The minimum absolute atomic E-state index is 0.0114. The van der Waals surface area contributed by atoms with Gasteiger partial charge in [0.1, 0.15) is 11.3 Å². The molecule has 0 radical (unpaired) electrons. The van der Waals surface area contributed by atoms with Crippen LogP contribution in [0.4, 0.5) is 0 Å². The maximum Gasteiger partial charge on any atom is 0.349 e. The monoisotopic (exact) mass is 377 g/mol. The molecule has 1 aromatic heterocycles. The van der Waals surface area contributed by atoms with E-state index in [2.05, 4.69) is 5.32 Å². The van der Waals surface area contributed by atoms with Gasteiger partial charge in [0, 0.05) is 13.0 Å². The van der Waals surface area contributed by atoms with Crippen molar-refractivity contribution in [1.29, 1.82) is 0 Å². The van der Waals surface area contributed by atoms with Gasteiger partial charge in [-0.1, -0.05) is 60.7 Å². The first-order valence-corrected chi connectivity index (χ1v) is 9.23. The van der Waals surface area contributed by atoms with Gasteiger partial charge in [0.05, 0.1) is 6.10 Å². The van der Waals surface area contributed by atoms with Crippen LogP contribution in [0, 0.1) is 6.92 Å². The molecule has 0 saturated heterocycles. The number of rotatable bonds is 7. The molecule has 0 spiro atoms. The molecule has 1 amide bonds. The van der Waals surface area contributed by atoms with Crippen molar-refractivity contribution in [3.05, 3.63) is 105 Å². The lowest BCUT2D eigenvalue weighted by Crippen LogP contribution is -2.32. The third-order valence-corrected chi connectivity index (χ3v) is 4.57. The SMILES string of the molecule is Cc1cc(CCc2ccccc2)oc(=O)c1C(=O)NCC(O)c1ccccc1. The van der Waals surface area contributed by atoms with Gasteiger partial charge >= 0.3 is 5.63 Å². The number of amides is 1. The summed E-state index contributed by atoms with van der Waals surface area (Å²) in [6, 6.07) is 20.7. The van der Waals surface area contributed by atoms with Crippen LogP contribution in [0.2, 0.25) is 0 Å². The van der Waals surface area contributed by atoms with Crippen molar-refractivity contribution >= 4 is 5.91 Å². The normalized spacial score (nSPS) is 11.8. The molecular weight excluding hydrogens is 354 g/mol. The van der Waals surface area contributed by atoms with Crippen LogP contribution in [-0.2, 0) is 12.8 Å². The fraction of sp³-hybridized carbons (Fsp3) is 0.217. The Kier molecular flexibility index (Phi) is 6.40. The Morgan fingerprint density at radius 1 is 1.04 bits per heavy atom. The van der Waals surface area contributed by atoms with Gasteiger partial charge in [-0.2, -0.15) is 0 Å². The van der Waals surface area contributed by atoms with Crippen molar-refractivity contribution in [3.63, 3.8) is 0 Å². The van der Waals surface area contributed by atoms with Crippen molar-refractivity contribution < 1.29 is 14.3 Å². The van der Waals surface area contributed by atoms with E-state index in [4.69, 9.17) is 4.42 Å². The van der Waals surface area contributed by atoms with Crippen LogP contribution in [0.15, 0.2) is 75.9 Å². The molecule has 5 nitrogen and oxygen atoms in total. The second kappa shape index (κ2) is 9.15. The largest absolute Gasteiger partial charge is 0.427 e. The molecule has 0 bridgehead atoms. The molecule has 28 heavy (non-hydrogen) atoms. The van der Waals surface area contributed by atoms with E-state index in [1.54, 1.807) is 25.1 Å². The zero-order valence-electron chi connectivity index (χ0n) is 15.7. The Morgan fingerprint density at radius 2 is 1.68 bits per heavy atom. The van der Waals surface area contributed by atoms with Gasteiger partial charge in [-0.25, -0.2) is 4.79 Å². The summed E-state index contributed by atoms with van der Waals surface area (Å²) in [5.41, 5.74) is 1.73. The molecule has 0 aliphatic carbocycles. The Balaban J connectivity index is 1.65. The predicted molar refractivity (Wildman–Crippen MR) is 107 cm³/mol. The summed E-state index contributed by atoms with van der Waals surface area (Å²) in [6.45, 7) is 1.73. The van der Waals surface area contributed by atoms with Crippen LogP contribution in [0.25, 0.3) is 0 Å². The number of carbonyl (C=O) groups is 1. The molecule has 2 aromatic carbocycles. The predicted octanol–water partition coefficient (Wildman–Crippen LogP) is 3.20. The fourth-order valence-corrected chi connectivity index (χ4v) is 3.05. The number of aliphatic hydroxyl groups is 1. The highest BCUT2D eigenvalue weighted by molar-refractivity contribution is 5.95. The Labute approximate surface area is 163 Å². The molecule has 5 heteroatoms. The van der Waals surface area contributed by atoms with E-state index in [9.17, 15) is 14.7 Å². The first kappa shape index (κ1) is 19.6. The Hall–Kier alpha value is -3.18. The first-order valence-electron chi connectivity index (χ1n) is 9.23. The van der Waals surface area contributed by atoms with E-state index in [-0.39, 0.29) is 12.1 Å². The molecule has 144 valence electrons. The molecule has 2 N–H and O–H groups in total. The maximum atomic E-state index is 12.4.